The van der Waals surface area contributed by atoms with Gasteiger partial charge >= 0.3 is 6.18 Å². The molecule has 1 atom stereocenters. The fourth-order valence-corrected chi connectivity index (χ4v) is 4.50. The molecule has 0 saturated carbocycles. The molecule has 2 aromatic carbocycles. The lowest BCUT2D eigenvalue weighted by atomic mass is 9.84. The molecule has 0 fully saturated rings. The first kappa shape index (κ1) is 24.7. The Morgan fingerprint density at radius 2 is 1.73 bits per heavy atom. The van der Waals surface area contributed by atoms with E-state index < -0.39 is 34.7 Å². The lowest BCUT2D eigenvalue weighted by Gasteiger charge is -2.25. The molecule has 1 aliphatic rings. The number of alkyl halides is 3. The number of nitrogens with one attached hydrogen (secondary N) is 1. The first-order valence-electron chi connectivity index (χ1n) is 11.5. The second-order valence-corrected chi connectivity index (χ2v) is 8.86. The molecule has 11 heteroatoms. The highest BCUT2D eigenvalue weighted by atomic mass is 19.4. The highest BCUT2D eigenvalue weighted by molar-refractivity contribution is 5.86. The van der Waals surface area contributed by atoms with E-state index in [9.17, 15) is 23.1 Å². The lowest BCUT2D eigenvalue weighted by Crippen LogP contribution is -2.43. The molecule has 5 rings (SSSR count). The summed E-state index contributed by atoms with van der Waals surface area (Å²) >= 11 is 0. The number of benzene rings is 2. The van der Waals surface area contributed by atoms with Gasteiger partial charge in [-0.2, -0.15) is 13.2 Å². The van der Waals surface area contributed by atoms with Gasteiger partial charge in [-0.1, -0.05) is 58.8 Å². The molecule has 0 spiro atoms. The Bertz CT molecular complexity index is 1460. The van der Waals surface area contributed by atoms with Crippen LogP contribution in [-0.2, 0) is 29.4 Å². The van der Waals surface area contributed by atoms with E-state index in [1.54, 1.807) is 36.4 Å². The Hall–Kier alpha value is -3.96. The number of rotatable bonds is 6. The standard InChI is InChI=1S/C26H22F3N3O5/c1-25(35,24(34)30-11-12-33)16-8-10-17-15(13-16)7-9-18-20(17)31-37-23(18)21-19(26(27,28)29)22(36-32-21)14-5-3-2-4-6-14/h2-6,8,10,13,33,35H,7,9,11-12H2,1H3,(H,30,34)/t25-/m1/s1. The summed E-state index contributed by atoms with van der Waals surface area (Å²) in [5.41, 5.74) is -0.598. The normalized spacial score (nSPS) is 14.5. The van der Waals surface area contributed by atoms with Crippen LogP contribution in [0.4, 0.5) is 13.2 Å². The summed E-state index contributed by atoms with van der Waals surface area (Å²) in [7, 11) is 0. The van der Waals surface area contributed by atoms with Gasteiger partial charge in [-0.05, 0) is 30.9 Å². The van der Waals surface area contributed by atoms with E-state index in [1.165, 1.54) is 19.1 Å². The molecule has 192 valence electrons. The molecule has 3 N–H and O–H groups in total. The first-order chi connectivity index (χ1) is 17.6. The van der Waals surface area contributed by atoms with E-state index in [4.69, 9.17) is 14.2 Å². The average Bonchev–Trinajstić information content (AvgIpc) is 3.52. The van der Waals surface area contributed by atoms with Gasteiger partial charge < -0.3 is 24.6 Å². The number of hydrogen-bond donors (Lipinski definition) is 3. The number of hydrogen-bond acceptors (Lipinski definition) is 7. The molecule has 0 unspecified atom stereocenters. The lowest BCUT2D eigenvalue weighted by molar-refractivity contribution is -0.139. The van der Waals surface area contributed by atoms with E-state index in [-0.39, 0.29) is 24.5 Å². The van der Waals surface area contributed by atoms with Crippen LogP contribution in [0.5, 0.6) is 0 Å². The maximum atomic E-state index is 14.2. The number of fused-ring (bicyclic) bond motifs is 3. The second kappa shape index (κ2) is 9.16. The van der Waals surface area contributed by atoms with Crippen molar-refractivity contribution in [2.24, 2.45) is 0 Å². The molecule has 1 amide bonds. The summed E-state index contributed by atoms with van der Waals surface area (Å²) in [6, 6.07) is 12.8. The number of aliphatic hydroxyl groups excluding tert-OH is 1. The maximum Gasteiger partial charge on any atom is 0.422 e. The molecule has 1 aliphatic carbocycles. The summed E-state index contributed by atoms with van der Waals surface area (Å²) in [6.45, 7) is 1.08. The predicted molar refractivity (Wildman–Crippen MR) is 125 cm³/mol. The summed E-state index contributed by atoms with van der Waals surface area (Å²) in [5.74, 6) is -1.18. The predicted octanol–water partition coefficient (Wildman–Crippen LogP) is 4.10. The fourth-order valence-electron chi connectivity index (χ4n) is 4.50. The molecule has 0 aliphatic heterocycles. The third-order valence-electron chi connectivity index (χ3n) is 6.42. The van der Waals surface area contributed by atoms with Gasteiger partial charge in [0.1, 0.15) is 11.3 Å². The molecule has 37 heavy (non-hydrogen) atoms. The molecular weight excluding hydrogens is 491 g/mol. The van der Waals surface area contributed by atoms with Crippen molar-refractivity contribution in [1.82, 2.24) is 15.6 Å². The molecule has 0 saturated heterocycles. The zero-order valence-electron chi connectivity index (χ0n) is 19.6. The van der Waals surface area contributed by atoms with Crippen LogP contribution in [0.3, 0.4) is 0 Å². The number of aliphatic hydroxyl groups is 2. The molecule has 0 bridgehead atoms. The van der Waals surface area contributed by atoms with Gasteiger partial charge in [0.2, 0.25) is 0 Å². The second-order valence-electron chi connectivity index (χ2n) is 8.86. The van der Waals surface area contributed by atoms with Crippen molar-refractivity contribution in [1.29, 1.82) is 0 Å². The van der Waals surface area contributed by atoms with E-state index >= 15 is 0 Å². The highest BCUT2D eigenvalue weighted by Crippen LogP contribution is 2.46. The number of amides is 1. The Morgan fingerprint density at radius 1 is 1.03 bits per heavy atom. The molecule has 2 aromatic heterocycles. The van der Waals surface area contributed by atoms with Gasteiger partial charge in [0, 0.05) is 23.2 Å². The largest absolute Gasteiger partial charge is 0.422 e. The molecule has 0 radical (unpaired) electrons. The molecular formula is C26H22F3N3O5. The van der Waals surface area contributed by atoms with Crippen LogP contribution in [0.1, 0.15) is 29.2 Å². The monoisotopic (exact) mass is 513 g/mol. The third kappa shape index (κ3) is 4.30. The minimum absolute atomic E-state index is 0.00104. The Labute approximate surface area is 208 Å². The Kier molecular flexibility index (Phi) is 6.12. The SMILES string of the molecule is C[C@](O)(C(=O)NCCO)c1ccc2c(c1)CCc1c-2noc1-c1noc(-c2ccccc2)c1C(F)(F)F. The van der Waals surface area contributed by atoms with Crippen molar-refractivity contribution in [2.45, 2.75) is 31.5 Å². The first-order valence-corrected chi connectivity index (χ1v) is 11.5. The van der Waals surface area contributed by atoms with Crippen molar-refractivity contribution >= 4 is 5.91 Å². The quantitative estimate of drug-likeness (QED) is 0.355. The summed E-state index contributed by atoms with van der Waals surface area (Å²) < 4.78 is 53.0. The van der Waals surface area contributed by atoms with Gasteiger partial charge in [0.15, 0.2) is 22.8 Å². The van der Waals surface area contributed by atoms with Crippen molar-refractivity contribution in [3.05, 3.63) is 70.8 Å². The van der Waals surface area contributed by atoms with E-state index in [1.807, 2.05) is 0 Å². The van der Waals surface area contributed by atoms with Crippen LogP contribution >= 0.6 is 0 Å². The zero-order chi connectivity index (χ0) is 26.4. The smallest absolute Gasteiger partial charge is 0.395 e. The van der Waals surface area contributed by atoms with Crippen LogP contribution in [0.25, 0.3) is 34.0 Å². The number of nitrogens with zero attached hydrogens (tertiary/aromatic N) is 2. The fraction of sp³-hybridized carbons (Fsp3) is 0.269. The van der Waals surface area contributed by atoms with Crippen molar-refractivity contribution in [3.63, 3.8) is 0 Å². The van der Waals surface area contributed by atoms with Crippen LogP contribution in [0.2, 0.25) is 0 Å². The van der Waals surface area contributed by atoms with Gasteiger partial charge in [0.25, 0.3) is 5.91 Å². The number of halogens is 3. The van der Waals surface area contributed by atoms with Crippen LogP contribution in [0, 0.1) is 0 Å². The van der Waals surface area contributed by atoms with Crippen LogP contribution in [-0.4, -0.2) is 39.6 Å². The molecule has 8 nitrogen and oxygen atoms in total. The van der Waals surface area contributed by atoms with Crippen LogP contribution in [0.15, 0.2) is 57.6 Å². The summed E-state index contributed by atoms with van der Waals surface area (Å²) in [5, 5.41) is 29.9. The van der Waals surface area contributed by atoms with Gasteiger partial charge in [-0.25, -0.2) is 0 Å². The summed E-state index contributed by atoms with van der Waals surface area (Å²) in [4.78, 5) is 12.4. The third-order valence-corrected chi connectivity index (χ3v) is 6.42. The van der Waals surface area contributed by atoms with Gasteiger partial charge in [0.05, 0.1) is 6.61 Å². The van der Waals surface area contributed by atoms with E-state index in [0.717, 1.165) is 5.56 Å². The van der Waals surface area contributed by atoms with Crippen molar-refractivity contribution in [3.8, 4) is 34.0 Å². The number of carbonyl (C=O) groups excluding carboxylic acids is 1. The molecule has 2 heterocycles. The number of aromatic nitrogens is 2. The van der Waals surface area contributed by atoms with Crippen LogP contribution < -0.4 is 5.32 Å². The topological polar surface area (TPSA) is 122 Å². The van der Waals surface area contributed by atoms with E-state index in [0.29, 0.717) is 35.2 Å². The minimum Gasteiger partial charge on any atom is -0.395 e. The number of carbonyl (C=O) groups is 1. The van der Waals surface area contributed by atoms with Crippen molar-refractivity contribution < 1.29 is 37.2 Å². The van der Waals surface area contributed by atoms with Gasteiger partial charge in [-0.3, -0.25) is 4.79 Å². The average molecular weight is 513 g/mol. The highest BCUT2D eigenvalue weighted by Gasteiger charge is 2.43. The zero-order valence-corrected chi connectivity index (χ0v) is 19.6. The Morgan fingerprint density at radius 3 is 2.43 bits per heavy atom. The maximum absolute atomic E-state index is 14.2. The minimum atomic E-state index is -4.76. The van der Waals surface area contributed by atoms with Crippen molar-refractivity contribution in [2.75, 3.05) is 13.2 Å². The number of aryl methyl sites for hydroxylation is 1. The Balaban J connectivity index is 1.55. The van der Waals surface area contributed by atoms with E-state index in [2.05, 4.69) is 15.6 Å². The summed E-state index contributed by atoms with van der Waals surface area (Å²) in [6.07, 6.45) is -4.05. The van der Waals surface area contributed by atoms with Gasteiger partial charge in [-0.15, -0.1) is 0 Å². The molecule has 4 aromatic rings.